The van der Waals surface area contributed by atoms with Crippen molar-refractivity contribution in [1.82, 2.24) is 4.98 Å². The Kier molecular flexibility index (Phi) is 3.88. The number of hydrogen-bond donors (Lipinski definition) is 2. The second-order valence-electron chi connectivity index (χ2n) is 3.05. The molecule has 2 N–H and O–H groups in total. The van der Waals surface area contributed by atoms with E-state index in [1.54, 1.807) is 12.3 Å². The van der Waals surface area contributed by atoms with Crippen molar-refractivity contribution in [2.75, 3.05) is 10.6 Å². The highest BCUT2D eigenvalue weighted by Crippen LogP contribution is 2.19. The van der Waals surface area contributed by atoms with Crippen LogP contribution in [0.4, 0.5) is 15.2 Å². The summed E-state index contributed by atoms with van der Waals surface area (Å²) in [6.45, 7) is 0. The van der Waals surface area contributed by atoms with Gasteiger partial charge >= 0.3 is 0 Å². The zero-order valence-corrected chi connectivity index (χ0v) is 10.8. The van der Waals surface area contributed by atoms with Crippen molar-refractivity contribution < 1.29 is 4.39 Å². The van der Waals surface area contributed by atoms with Crippen LogP contribution in [0.3, 0.4) is 0 Å². The number of aromatic nitrogens is 1. The Balaban J connectivity index is 2.00. The average Bonchev–Trinajstić information content (AvgIpc) is 2.76. The molecule has 0 bridgehead atoms. The maximum Gasteiger partial charge on any atom is 0.188 e. The lowest BCUT2D eigenvalue weighted by Crippen LogP contribution is -2.18. The molecular weight excluding hydrogens is 281 g/mol. The van der Waals surface area contributed by atoms with Crippen molar-refractivity contribution in [2.45, 2.75) is 0 Å². The lowest BCUT2D eigenvalue weighted by molar-refractivity contribution is 0.628. The molecule has 1 heterocycles. The van der Waals surface area contributed by atoms with Gasteiger partial charge < -0.3 is 10.6 Å². The lowest BCUT2D eigenvalue weighted by Gasteiger charge is -2.08. The van der Waals surface area contributed by atoms with E-state index in [0.717, 1.165) is 0 Å². The van der Waals surface area contributed by atoms with Gasteiger partial charge in [-0.05, 0) is 30.4 Å². The van der Waals surface area contributed by atoms with Crippen LogP contribution in [-0.4, -0.2) is 10.1 Å². The van der Waals surface area contributed by atoms with Crippen LogP contribution in [0.5, 0.6) is 0 Å². The van der Waals surface area contributed by atoms with Gasteiger partial charge in [-0.15, -0.1) is 11.3 Å². The van der Waals surface area contributed by atoms with Crippen LogP contribution in [0.2, 0.25) is 5.02 Å². The summed E-state index contributed by atoms with van der Waals surface area (Å²) < 4.78 is 12.9. The summed E-state index contributed by atoms with van der Waals surface area (Å²) in [5.41, 5.74) is 0.616. The topological polar surface area (TPSA) is 37.0 Å². The number of nitrogens with zero attached hydrogens (tertiary/aromatic N) is 1. The monoisotopic (exact) mass is 287 g/mol. The van der Waals surface area contributed by atoms with Crippen LogP contribution in [0, 0.1) is 5.82 Å². The van der Waals surface area contributed by atoms with E-state index in [2.05, 4.69) is 15.6 Å². The molecule has 1 aromatic heterocycles. The smallest absolute Gasteiger partial charge is 0.188 e. The van der Waals surface area contributed by atoms with Gasteiger partial charge in [0.1, 0.15) is 5.82 Å². The van der Waals surface area contributed by atoms with Crippen LogP contribution in [0.15, 0.2) is 29.8 Å². The summed E-state index contributed by atoms with van der Waals surface area (Å²) in [5.74, 6) is -0.462. The Bertz CT molecular complexity index is 530. The van der Waals surface area contributed by atoms with Gasteiger partial charge in [-0.3, -0.25) is 0 Å². The first-order chi connectivity index (χ1) is 8.15. The Labute approximate surface area is 112 Å². The minimum Gasteiger partial charge on any atom is -0.332 e. The minimum absolute atomic E-state index is 0.0482. The first-order valence-corrected chi connectivity index (χ1v) is 6.24. The van der Waals surface area contributed by atoms with E-state index in [1.807, 2.05) is 5.38 Å². The maximum atomic E-state index is 12.9. The van der Waals surface area contributed by atoms with Gasteiger partial charge in [0.2, 0.25) is 0 Å². The van der Waals surface area contributed by atoms with Gasteiger partial charge in [-0.25, -0.2) is 9.37 Å². The van der Waals surface area contributed by atoms with Gasteiger partial charge in [0.05, 0.1) is 5.02 Å². The Morgan fingerprint density at radius 3 is 2.88 bits per heavy atom. The summed E-state index contributed by atoms with van der Waals surface area (Å²) in [6, 6.07) is 4.29. The van der Waals surface area contributed by atoms with Crippen molar-refractivity contribution in [3.63, 3.8) is 0 Å². The summed E-state index contributed by atoms with van der Waals surface area (Å²) in [5, 5.41) is 8.73. The molecule has 0 aliphatic heterocycles. The number of thiazole rings is 1. The van der Waals surface area contributed by atoms with Gasteiger partial charge in [0.15, 0.2) is 10.2 Å². The summed E-state index contributed by atoms with van der Waals surface area (Å²) >= 11 is 12.2. The van der Waals surface area contributed by atoms with Crippen molar-refractivity contribution >= 4 is 51.1 Å². The SMILES string of the molecule is Fc1ccc(NC(=S)Nc2nccs2)cc1Cl. The zero-order valence-electron chi connectivity index (χ0n) is 8.41. The quantitative estimate of drug-likeness (QED) is 0.825. The van der Waals surface area contributed by atoms with Gasteiger partial charge in [0, 0.05) is 17.3 Å². The first-order valence-electron chi connectivity index (χ1n) is 4.58. The Morgan fingerprint density at radius 2 is 2.24 bits per heavy atom. The molecule has 0 saturated heterocycles. The van der Waals surface area contributed by atoms with E-state index in [9.17, 15) is 4.39 Å². The average molecular weight is 288 g/mol. The Morgan fingerprint density at radius 1 is 1.41 bits per heavy atom. The zero-order chi connectivity index (χ0) is 12.3. The van der Waals surface area contributed by atoms with E-state index >= 15 is 0 Å². The molecule has 0 atom stereocenters. The first kappa shape index (κ1) is 12.2. The van der Waals surface area contributed by atoms with Crippen LogP contribution < -0.4 is 10.6 Å². The molecule has 0 aliphatic rings. The molecule has 2 aromatic rings. The van der Waals surface area contributed by atoms with Gasteiger partial charge in [-0.2, -0.15) is 0 Å². The largest absolute Gasteiger partial charge is 0.332 e. The maximum absolute atomic E-state index is 12.9. The molecule has 0 unspecified atom stereocenters. The predicted molar refractivity (Wildman–Crippen MR) is 73.4 cm³/mol. The van der Waals surface area contributed by atoms with Crippen LogP contribution in [-0.2, 0) is 0 Å². The van der Waals surface area contributed by atoms with E-state index in [4.69, 9.17) is 23.8 Å². The number of hydrogen-bond acceptors (Lipinski definition) is 3. The van der Waals surface area contributed by atoms with Crippen molar-refractivity contribution in [3.8, 4) is 0 Å². The number of anilines is 2. The molecule has 1 aromatic carbocycles. The summed E-state index contributed by atoms with van der Waals surface area (Å²) in [6.07, 6.45) is 1.67. The highest BCUT2D eigenvalue weighted by Gasteiger charge is 2.03. The molecule has 0 aliphatic carbocycles. The lowest BCUT2D eigenvalue weighted by atomic mass is 10.3. The molecular formula is C10H7ClFN3S2. The van der Waals surface area contributed by atoms with Crippen LogP contribution in [0.1, 0.15) is 0 Å². The van der Waals surface area contributed by atoms with Crippen LogP contribution >= 0.6 is 35.2 Å². The third-order valence-corrected chi connectivity index (χ3v) is 3.01. The molecule has 17 heavy (non-hydrogen) atoms. The van der Waals surface area contributed by atoms with E-state index < -0.39 is 5.82 Å². The van der Waals surface area contributed by atoms with Crippen LogP contribution in [0.25, 0.3) is 0 Å². The Hall–Kier alpha value is -1.24. The number of halogens is 2. The summed E-state index contributed by atoms with van der Waals surface area (Å²) in [4.78, 5) is 4.02. The standard InChI is InChI=1S/C10H7ClFN3S2/c11-7-5-6(1-2-8(7)12)14-9(16)15-10-13-3-4-17-10/h1-5H,(H2,13,14,15,16). The normalized spacial score (nSPS) is 10.0. The van der Waals surface area contributed by atoms with E-state index in [1.165, 1.54) is 23.5 Å². The number of rotatable bonds is 2. The summed E-state index contributed by atoms with van der Waals surface area (Å²) in [7, 11) is 0. The molecule has 0 amide bonds. The van der Waals surface area contributed by atoms with E-state index in [0.29, 0.717) is 15.9 Å². The highest BCUT2D eigenvalue weighted by atomic mass is 35.5. The minimum atomic E-state index is -0.462. The number of benzene rings is 1. The predicted octanol–water partition coefficient (Wildman–Crippen LogP) is 3.74. The molecule has 7 heteroatoms. The molecule has 0 radical (unpaired) electrons. The molecule has 0 saturated carbocycles. The second kappa shape index (κ2) is 5.39. The van der Waals surface area contributed by atoms with Crippen molar-refractivity contribution in [1.29, 1.82) is 0 Å². The highest BCUT2D eigenvalue weighted by molar-refractivity contribution is 7.80. The van der Waals surface area contributed by atoms with Gasteiger partial charge in [0.25, 0.3) is 0 Å². The fraction of sp³-hybridized carbons (Fsp3) is 0. The van der Waals surface area contributed by atoms with Gasteiger partial charge in [-0.1, -0.05) is 11.6 Å². The fourth-order valence-corrected chi connectivity index (χ4v) is 2.11. The molecule has 2 rings (SSSR count). The molecule has 0 spiro atoms. The van der Waals surface area contributed by atoms with Crippen molar-refractivity contribution in [3.05, 3.63) is 40.6 Å². The van der Waals surface area contributed by atoms with E-state index in [-0.39, 0.29) is 5.02 Å². The molecule has 88 valence electrons. The third kappa shape index (κ3) is 3.36. The third-order valence-electron chi connectivity index (χ3n) is 1.83. The number of nitrogens with one attached hydrogen (secondary N) is 2. The fourth-order valence-electron chi connectivity index (χ4n) is 1.12. The second-order valence-corrected chi connectivity index (χ2v) is 4.76. The molecule has 0 fully saturated rings. The van der Waals surface area contributed by atoms with Crippen molar-refractivity contribution in [2.24, 2.45) is 0 Å². The number of thiocarbonyl (C=S) groups is 1. The molecule has 3 nitrogen and oxygen atoms in total.